The summed E-state index contributed by atoms with van der Waals surface area (Å²) < 4.78 is 14.0. The highest BCUT2D eigenvalue weighted by Gasteiger charge is 2.24. The molecule has 4 aromatic carbocycles. The van der Waals surface area contributed by atoms with Crippen molar-refractivity contribution in [1.82, 2.24) is 14.9 Å². The summed E-state index contributed by atoms with van der Waals surface area (Å²) in [5.41, 5.74) is 5.60. The largest absolute Gasteiger partial charge is 0.342 e. The molecular weight excluding hydrogens is 485 g/mol. The third-order valence-electron chi connectivity index (χ3n) is 7.91. The Hall–Kier alpha value is -4.29. The molecule has 0 radical (unpaired) electrons. The lowest BCUT2D eigenvalue weighted by Crippen LogP contribution is -2.38. The molecule has 1 N–H and O–H groups in total. The summed E-state index contributed by atoms with van der Waals surface area (Å²) in [5.74, 6) is 1.35. The lowest BCUT2D eigenvalue weighted by molar-refractivity contribution is 0.202. The fourth-order valence-corrected chi connectivity index (χ4v) is 5.80. The fourth-order valence-electron chi connectivity index (χ4n) is 5.80. The molecule has 7 rings (SSSR count). The van der Waals surface area contributed by atoms with Crippen molar-refractivity contribution in [3.05, 3.63) is 130 Å². The first-order chi connectivity index (χ1) is 19.2. The molecule has 0 saturated carbocycles. The number of benzene rings is 4. The molecule has 39 heavy (non-hydrogen) atoms. The van der Waals surface area contributed by atoms with Gasteiger partial charge in [-0.2, -0.15) is 0 Å². The van der Waals surface area contributed by atoms with E-state index < -0.39 is 0 Å². The quantitative estimate of drug-likeness (QED) is 0.329. The van der Waals surface area contributed by atoms with E-state index in [9.17, 15) is 4.39 Å². The predicted molar refractivity (Wildman–Crippen MR) is 153 cm³/mol. The van der Waals surface area contributed by atoms with Crippen LogP contribution in [0.4, 0.5) is 10.1 Å². The summed E-state index contributed by atoms with van der Waals surface area (Å²) in [6.07, 6.45) is 4.03. The van der Waals surface area contributed by atoms with Gasteiger partial charge in [-0.05, 0) is 79.5 Å². The summed E-state index contributed by atoms with van der Waals surface area (Å²) in [7, 11) is 0. The van der Waals surface area contributed by atoms with E-state index >= 15 is 0 Å². The Morgan fingerprint density at radius 3 is 2.41 bits per heavy atom. The van der Waals surface area contributed by atoms with Gasteiger partial charge in [0.05, 0.1) is 16.4 Å². The number of nitrogens with zero attached hydrogens (tertiary/aromatic N) is 4. The highest BCUT2D eigenvalue weighted by molar-refractivity contribution is 5.74. The van der Waals surface area contributed by atoms with Crippen LogP contribution >= 0.6 is 0 Å². The van der Waals surface area contributed by atoms with Crippen molar-refractivity contribution >= 4 is 22.9 Å². The molecule has 1 atom stereocenters. The second-order valence-electron chi connectivity index (χ2n) is 10.5. The van der Waals surface area contributed by atoms with E-state index in [2.05, 4.69) is 69.4 Å². The summed E-state index contributed by atoms with van der Waals surface area (Å²) in [5, 5.41) is 1.60. The van der Waals surface area contributed by atoms with Gasteiger partial charge in [-0.1, -0.05) is 54.6 Å². The SMILES string of the molecule is Fc1ccc2c(c1)=CN(c1ccc(CN3CCC(c4nc5ccccc5[nH]4)CC3)cc1)C(c1ccccc1)N=2. The molecule has 0 amide bonds. The molecule has 5 nitrogen and oxygen atoms in total. The number of nitrogens with one attached hydrogen (secondary N) is 1. The van der Waals surface area contributed by atoms with Crippen molar-refractivity contribution in [2.45, 2.75) is 31.5 Å². The van der Waals surface area contributed by atoms with E-state index in [0.717, 1.165) is 71.2 Å². The summed E-state index contributed by atoms with van der Waals surface area (Å²) in [6, 6.07) is 32.0. The highest BCUT2D eigenvalue weighted by Crippen LogP contribution is 2.31. The summed E-state index contributed by atoms with van der Waals surface area (Å²) in [4.78, 5) is 18.0. The number of hydrogen-bond acceptors (Lipinski definition) is 4. The van der Waals surface area contributed by atoms with Gasteiger partial charge in [0.1, 0.15) is 11.6 Å². The summed E-state index contributed by atoms with van der Waals surface area (Å²) >= 11 is 0. The molecule has 5 aromatic rings. The minimum atomic E-state index is -0.252. The van der Waals surface area contributed by atoms with Crippen LogP contribution < -0.4 is 15.5 Å². The number of aromatic nitrogens is 2. The third-order valence-corrected chi connectivity index (χ3v) is 7.91. The molecule has 1 fully saturated rings. The Morgan fingerprint density at radius 1 is 0.846 bits per heavy atom. The Kier molecular flexibility index (Phi) is 6.17. The number of anilines is 1. The van der Waals surface area contributed by atoms with Gasteiger partial charge < -0.3 is 9.88 Å². The van der Waals surface area contributed by atoms with Gasteiger partial charge in [0.2, 0.25) is 0 Å². The van der Waals surface area contributed by atoms with Crippen molar-refractivity contribution in [2.24, 2.45) is 4.99 Å². The Morgan fingerprint density at radius 2 is 1.62 bits per heavy atom. The van der Waals surface area contributed by atoms with Crippen LogP contribution in [0.15, 0.2) is 102 Å². The first-order valence-corrected chi connectivity index (χ1v) is 13.6. The van der Waals surface area contributed by atoms with Gasteiger partial charge in [0.25, 0.3) is 0 Å². The van der Waals surface area contributed by atoms with Crippen LogP contribution in [0.25, 0.3) is 17.2 Å². The molecule has 1 unspecified atom stereocenters. The molecule has 0 bridgehead atoms. The van der Waals surface area contributed by atoms with E-state index in [1.165, 1.54) is 11.6 Å². The average molecular weight is 516 g/mol. The number of likely N-dealkylation sites (tertiary alicyclic amines) is 1. The molecule has 2 aliphatic rings. The van der Waals surface area contributed by atoms with Gasteiger partial charge in [-0.25, -0.2) is 9.37 Å². The standard InChI is InChI=1S/C33H30FN5/c34-27-12-15-29-26(20-27)22-39(33(37-29)25-6-2-1-3-7-25)28-13-10-23(11-14-28)21-38-18-16-24(17-19-38)32-35-30-8-4-5-9-31(30)36-32/h1-15,20,22,24,33H,16-19,21H2,(H,35,36). The number of fused-ring (bicyclic) bond motifs is 2. The number of para-hydroxylation sites is 2. The molecule has 1 aromatic heterocycles. The molecule has 1 saturated heterocycles. The number of rotatable bonds is 5. The zero-order chi connectivity index (χ0) is 26.2. The maximum Gasteiger partial charge on any atom is 0.151 e. The van der Waals surface area contributed by atoms with Crippen molar-refractivity contribution in [1.29, 1.82) is 0 Å². The molecule has 6 heteroatoms. The normalized spacial score (nSPS) is 18.0. The van der Waals surface area contributed by atoms with Gasteiger partial charge in [0.15, 0.2) is 6.17 Å². The van der Waals surface area contributed by atoms with E-state index in [1.54, 1.807) is 12.1 Å². The predicted octanol–water partition coefficient (Wildman–Crippen LogP) is 5.66. The number of imidazole rings is 1. The van der Waals surface area contributed by atoms with Crippen molar-refractivity contribution in [2.75, 3.05) is 18.0 Å². The Labute approximate surface area is 227 Å². The average Bonchev–Trinajstić information content (AvgIpc) is 3.42. The van der Waals surface area contributed by atoms with Crippen LogP contribution in [-0.2, 0) is 6.54 Å². The lowest BCUT2D eigenvalue weighted by atomic mass is 9.96. The molecule has 0 aliphatic carbocycles. The van der Waals surface area contributed by atoms with Gasteiger partial charge >= 0.3 is 0 Å². The number of piperidine rings is 1. The minimum absolute atomic E-state index is 0.202. The van der Waals surface area contributed by atoms with Crippen LogP contribution in [0.2, 0.25) is 0 Å². The van der Waals surface area contributed by atoms with E-state index in [-0.39, 0.29) is 12.0 Å². The number of aromatic amines is 1. The van der Waals surface area contributed by atoms with E-state index in [1.807, 2.05) is 30.5 Å². The monoisotopic (exact) mass is 515 g/mol. The van der Waals surface area contributed by atoms with Crippen LogP contribution in [0, 0.1) is 5.82 Å². The molecule has 2 aliphatic heterocycles. The number of hydrogen-bond donors (Lipinski definition) is 1. The molecular formula is C33H30FN5. The van der Waals surface area contributed by atoms with Crippen LogP contribution in [0.3, 0.4) is 0 Å². The maximum atomic E-state index is 14.0. The van der Waals surface area contributed by atoms with E-state index in [4.69, 9.17) is 9.98 Å². The topological polar surface area (TPSA) is 47.5 Å². The Balaban J connectivity index is 1.07. The van der Waals surface area contributed by atoms with E-state index in [0.29, 0.717) is 5.92 Å². The fraction of sp³-hybridized carbons (Fsp3) is 0.212. The zero-order valence-corrected chi connectivity index (χ0v) is 21.7. The van der Waals surface area contributed by atoms with Gasteiger partial charge in [0, 0.05) is 29.6 Å². The first-order valence-electron chi connectivity index (χ1n) is 13.6. The van der Waals surface area contributed by atoms with Crippen molar-refractivity contribution < 1.29 is 4.39 Å². The Bertz CT molecular complexity index is 1690. The molecule has 194 valence electrons. The minimum Gasteiger partial charge on any atom is -0.342 e. The van der Waals surface area contributed by atoms with Crippen LogP contribution in [-0.4, -0.2) is 28.0 Å². The van der Waals surface area contributed by atoms with Gasteiger partial charge in [-0.3, -0.25) is 9.89 Å². The highest BCUT2D eigenvalue weighted by atomic mass is 19.1. The number of H-pyrrole nitrogens is 1. The summed E-state index contributed by atoms with van der Waals surface area (Å²) in [6.45, 7) is 3.04. The second-order valence-corrected chi connectivity index (χ2v) is 10.5. The van der Waals surface area contributed by atoms with Crippen molar-refractivity contribution in [3.8, 4) is 0 Å². The molecule has 0 spiro atoms. The first kappa shape index (κ1) is 23.8. The third kappa shape index (κ3) is 4.84. The van der Waals surface area contributed by atoms with Crippen LogP contribution in [0.5, 0.6) is 0 Å². The maximum absolute atomic E-state index is 14.0. The second kappa shape index (κ2) is 10.1. The lowest BCUT2D eigenvalue weighted by Gasteiger charge is -2.32. The zero-order valence-electron chi connectivity index (χ0n) is 21.7. The smallest absolute Gasteiger partial charge is 0.151 e. The number of halogens is 1. The van der Waals surface area contributed by atoms with Crippen molar-refractivity contribution in [3.63, 3.8) is 0 Å². The van der Waals surface area contributed by atoms with Gasteiger partial charge in [-0.15, -0.1) is 0 Å². The molecule has 3 heterocycles. The van der Waals surface area contributed by atoms with Crippen LogP contribution in [0.1, 0.15) is 41.9 Å².